The van der Waals surface area contributed by atoms with E-state index in [4.69, 9.17) is 9.47 Å². The number of aliphatic hydroxyl groups excluding tert-OH is 1. The molecule has 2 heterocycles. The minimum absolute atomic E-state index is 0.133. The first-order chi connectivity index (χ1) is 17.6. The van der Waals surface area contributed by atoms with Crippen molar-refractivity contribution in [3.05, 3.63) is 54.1 Å². The Morgan fingerprint density at radius 2 is 1.72 bits per heavy atom. The smallest absolute Gasteiger partial charge is 0.253 e. The lowest BCUT2D eigenvalue weighted by Gasteiger charge is -2.35. The molecule has 2 aliphatic rings. The third kappa shape index (κ3) is 7.12. The standard InChI is InChI=1S/C28H40N4O4/c1-3-30-15-17-32(18-16-30)28(34)22-7-9-24(10-8-22)31-13-11-23(12-14-31)29-20-25(33)21-36-27-6-4-5-26(19-27)35-2/h4-10,19,23,25,29,33H,3,11-18,20-21H2,1-2H3/t25-/m0/s1. The second-order valence-corrected chi connectivity index (χ2v) is 9.59. The van der Waals surface area contributed by atoms with E-state index >= 15 is 0 Å². The molecule has 36 heavy (non-hydrogen) atoms. The summed E-state index contributed by atoms with van der Waals surface area (Å²) >= 11 is 0. The maximum Gasteiger partial charge on any atom is 0.253 e. The quantitative estimate of drug-likeness (QED) is 0.523. The molecular formula is C28H40N4O4. The SMILES string of the molecule is CCN1CCN(C(=O)c2ccc(N3CCC(NC[C@H](O)COc4cccc(OC)c4)CC3)cc2)CC1. The van der Waals surface area contributed by atoms with Crippen molar-refractivity contribution >= 4 is 11.6 Å². The molecule has 2 N–H and O–H groups in total. The summed E-state index contributed by atoms with van der Waals surface area (Å²) in [6.45, 7) is 9.34. The van der Waals surface area contributed by atoms with Gasteiger partial charge in [0.05, 0.1) is 7.11 Å². The minimum atomic E-state index is -0.579. The molecule has 2 aromatic rings. The molecular weight excluding hydrogens is 456 g/mol. The van der Waals surface area contributed by atoms with Gasteiger partial charge >= 0.3 is 0 Å². The lowest BCUT2D eigenvalue weighted by molar-refractivity contribution is 0.0643. The molecule has 0 radical (unpaired) electrons. The summed E-state index contributed by atoms with van der Waals surface area (Å²) in [6.07, 6.45) is 1.43. The van der Waals surface area contributed by atoms with Crippen LogP contribution in [0.3, 0.4) is 0 Å². The van der Waals surface area contributed by atoms with Gasteiger partial charge in [0.15, 0.2) is 0 Å². The molecule has 0 unspecified atom stereocenters. The monoisotopic (exact) mass is 496 g/mol. The van der Waals surface area contributed by atoms with Crippen LogP contribution >= 0.6 is 0 Å². The van der Waals surface area contributed by atoms with Gasteiger partial charge in [-0.25, -0.2) is 0 Å². The van der Waals surface area contributed by atoms with Crippen LogP contribution in [-0.2, 0) is 0 Å². The predicted molar refractivity (Wildman–Crippen MR) is 142 cm³/mol. The Morgan fingerprint density at radius 3 is 2.39 bits per heavy atom. The van der Waals surface area contributed by atoms with Crippen LogP contribution in [0.2, 0.25) is 0 Å². The molecule has 8 nitrogen and oxygen atoms in total. The van der Waals surface area contributed by atoms with E-state index in [1.807, 2.05) is 41.3 Å². The van der Waals surface area contributed by atoms with Crippen molar-refractivity contribution in [3.63, 3.8) is 0 Å². The van der Waals surface area contributed by atoms with Crippen molar-refractivity contribution in [2.75, 3.05) is 71.0 Å². The molecule has 2 aliphatic heterocycles. The number of nitrogens with one attached hydrogen (secondary N) is 1. The number of hydrogen-bond donors (Lipinski definition) is 2. The summed E-state index contributed by atoms with van der Waals surface area (Å²) in [7, 11) is 1.62. The summed E-state index contributed by atoms with van der Waals surface area (Å²) in [5.41, 5.74) is 1.93. The van der Waals surface area contributed by atoms with Gasteiger partial charge in [0.25, 0.3) is 5.91 Å². The Hall–Kier alpha value is -2.81. The van der Waals surface area contributed by atoms with Gasteiger partial charge in [-0.1, -0.05) is 13.0 Å². The third-order valence-corrected chi connectivity index (χ3v) is 7.21. The van der Waals surface area contributed by atoms with Crippen LogP contribution in [0.25, 0.3) is 0 Å². The molecule has 2 saturated heterocycles. The molecule has 0 aliphatic carbocycles. The van der Waals surface area contributed by atoms with E-state index in [0.29, 0.717) is 18.3 Å². The normalized spacial score (nSPS) is 18.2. The maximum atomic E-state index is 12.9. The number of piperidine rings is 1. The number of methoxy groups -OCH3 is 1. The first kappa shape index (κ1) is 26.3. The van der Waals surface area contributed by atoms with E-state index in [0.717, 1.165) is 75.7 Å². The second-order valence-electron chi connectivity index (χ2n) is 9.59. The average molecular weight is 497 g/mol. The second kappa shape index (κ2) is 12.9. The van der Waals surface area contributed by atoms with Gasteiger partial charge < -0.3 is 34.6 Å². The number of nitrogens with zero attached hydrogens (tertiary/aromatic N) is 3. The average Bonchev–Trinajstić information content (AvgIpc) is 2.95. The lowest BCUT2D eigenvalue weighted by atomic mass is 10.0. The fraction of sp³-hybridized carbons (Fsp3) is 0.536. The number of amides is 1. The first-order valence-corrected chi connectivity index (χ1v) is 13.1. The van der Waals surface area contributed by atoms with Crippen LogP contribution in [0.4, 0.5) is 5.69 Å². The Morgan fingerprint density at radius 1 is 1.03 bits per heavy atom. The van der Waals surface area contributed by atoms with Gasteiger partial charge in [0.1, 0.15) is 24.2 Å². The number of rotatable bonds is 10. The highest BCUT2D eigenvalue weighted by molar-refractivity contribution is 5.94. The van der Waals surface area contributed by atoms with Gasteiger partial charge in [0, 0.05) is 69.2 Å². The van der Waals surface area contributed by atoms with E-state index in [-0.39, 0.29) is 12.5 Å². The Labute approximate surface area is 214 Å². The van der Waals surface area contributed by atoms with Gasteiger partial charge in [-0.05, 0) is 55.8 Å². The number of likely N-dealkylation sites (N-methyl/N-ethyl adjacent to an activating group) is 1. The van der Waals surface area contributed by atoms with E-state index in [9.17, 15) is 9.90 Å². The summed E-state index contributed by atoms with van der Waals surface area (Å²) < 4.78 is 10.9. The lowest BCUT2D eigenvalue weighted by Crippen LogP contribution is -2.48. The number of aliphatic hydroxyl groups is 1. The van der Waals surface area contributed by atoms with Crippen molar-refractivity contribution in [1.29, 1.82) is 0 Å². The highest BCUT2D eigenvalue weighted by Crippen LogP contribution is 2.22. The van der Waals surface area contributed by atoms with Crippen molar-refractivity contribution in [1.82, 2.24) is 15.1 Å². The number of benzene rings is 2. The van der Waals surface area contributed by atoms with Gasteiger partial charge in [-0.2, -0.15) is 0 Å². The molecule has 0 spiro atoms. The number of anilines is 1. The molecule has 1 amide bonds. The zero-order valence-corrected chi connectivity index (χ0v) is 21.6. The molecule has 2 fully saturated rings. The van der Waals surface area contributed by atoms with E-state index in [2.05, 4.69) is 34.2 Å². The number of hydrogen-bond acceptors (Lipinski definition) is 7. The topological polar surface area (TPSA) is 77.5 Å². The van der Waals surface area contributed by atoms with Crippen LogP contribution in [0, 0.1) is 0 Å². The highest BCUT2D eigenvalue weighted by atomic mass is 16.5. The molecule has 0 saturated carbocycles. The summed E-state index contributed by atoms with van der Waals surface area (Å²) in [4.78, 5) is 19.6. The largest absolute Gasteiger partial charge is 0.497 e. The first-order valence-electron chi connectivity index (χ1n) is 13.1. The molecule has 196 valence electrons. The van der Waals surface area contributed by atoms with E-state index in [1.54, 1.807) is 7.11 Å². The van der Waals surface area contributed by atoms with E-state index < -0.39 is 6.10 Å². The summed E-state index contributed by atoms with van der Waals surface area (Å²) in [5.74, 6) is 1.56. The summed E-state index contributed by atoms with van der Waals surface area (Å²) in [5, 5.41) is 13.8. The van der Waals surface area contributed by atoms with Gasteiger partial charge in [-0.15, -0.1) is 0 Å². The Bertz CT molecular complexity index is 954. The van der Waals surface area contributed by atoms with Crippen molar-refractivity contribution in [2.24, 2.45) is 0 Å². The van der Waals surface area contributed by atoms with Crippen LogP contribution < -0.4 is 19.7 Å². The minimum Gasteiger partial charge on any atom is -0.497 e. The highest BCUT2D eigenvalue weighted by Gasteiger charge is 2.23. The van der Waals surface area contributed by atoms with Gasteiger partial charge in [-0.3, -0.25) is 4.79 Å². The molecule has 1 atom stereocenters. The fourth-order valence-corrected chi connectivity index (χ4v) is 4.85. The summed E-state index contributed by atoms with van der Waals surface area (Å²) in [6, 6.07) is 15.8. The predicted octanol–water partition coefficient (Wildman–Crippen LogP) is 2.47. The number of carbonyl (C=O) groups excluding carboxylic acids is 1. The molecule has 0 bridgehead atoms. The van der Waals surface area contributed by atoms with Gasteiger partial charge in [0.2, 0.25) is 0 Å². The van der Waals surface area contributed by atoms with Crippen LogP contribution in [0.5, 0.6) is 11.5 Å². The third-order valence-electron chi connectivity index (χ3n) is 7.21. The van der Waals surface area contributed by atoms with E-state index in [1.165, 1.54) is 0 Å². The Balaban J connectivity index is 1.16. The maximum absolute atomic E-state index is 12.9. The fourth-order valence-electron chi connectivity index (χ4n) is 4.85. The van der Waals surface area contributed by atoms with Crippen LogP contribution in [0.15, 0.2) is 48.5 Å². The van der Waals surface area contributed by atoms with Crippen molar-refractivity contribution < 1.29 is 19.4 Å². The van der Waals surface area contributed by atoms with Crippen molar-refractivity contribution in [3.8, 4) is 11.5 Å². The zero-order chi connectivity index (χ0) is 25.3. The zero-order valence-electron chi connectivity index (χ0n) is 21.6. The van der Waals surface area contributed by atoms with Crippen LogP contribution in [0.1, 0.15) is 30.1 Å². The number of piperazine rings is 1. The molecule has 0 aromatic heterocycles. The molecule has 4 rings (SSSR count). The Kier molecular flexibility index (Phi) is 9.44. The molecule has 2 aromatic carbocycles. The van der Waals surface area contributed by atoms with Crippen LogP contribution in [-0.4, -0.2) is 99.0 Å². The number of ether oxygens (including phenoxy) is 2. The molecule has 8 heteroatoms. The number of carbonyl (C=O) groups is 1. The van der Waals surface area contributed by atoms with Crippen molar-refractivity contribution in [2.45, 2.75) is 31.9 Å².